The second-order valence-corrected chi connectivity index (χ2v) is 7.41. The zero-order valence-corrected chi connectivity index (χ0v) is 15.0. The quantitative estimate of drug-likeness (QED) is 0.672. The Labute approximate surface area is 158 Å². The summed E-state index contributed by atoms with van der Waals surface area (Å²) in [5.74, 6) is -2.11. The molecule has 9 heteroatoms. The summed E-state index contributed by atoms with van der Waals surface area (Å²) in [6.07, 6.45) is 3.87. The van der Waals surface area contributed by atoms with Crippen molar-refractivity contribution in [3.63, 3.8) is 0 Å². The second-order valence-electron chi connectivity index (χ2n) is 7.03. The van der Waals surface area contributed by atoms with Crippen LogP contribution in [0.3, 0.4) is 0 Å². The Bertz CT molecular complexity index is 1030. The van der Waals surface area contributed by atoms with Crippen LogP contribution in [0.1, 0.15) is 41.2 Å². The molecule has 7 nitrogen and oxygen atoms in total. The Balaban J connectivity index is 2.08. The van der Waals surface area contributed by atoms with Crippen molar-refractivity contribution in [1.29, 1.82) is 0 Å². The normalized spacial score (nSPS) is 22.1. The number of carboxylic acids is 1. The summed E-state index contributed by atoms with van der Waals surface area (Å²) in [6.45, 7) is 0.872. The molecule has 1 aliphatic heterocycles. The molecular weight excluding hydrogens is 377 g/mol. The van der Waals surface area contributed by atoms with Gasteiger partial charge in [0.15, 0.2) is 0 Å². The largest absolute Gasteiger partial charge is 0.477 e. The molecule has 1 aromatic heterocycles. The lowest BCUT2D eigenvalue weighted by Gasteiger charge is -2.30. The summed E-state index contributed by atoms with van der Waals surface area (Å²) >= 11 is 6.60. The van der Waals surface area contributed by atoms with Gasteiger partial charge in [0.2, 0.25) is 11.8 Å². The summed E-state index contributed by atoms with van der Waals surface area (Å²) in [5, 5.41) is 15.1. The topological polar surface area (TPSA) is 100 Å². The molecule has 0 radical (unpaired) electrons. The Hall–Kier alpha value is -2.45. The fourth-order valence-electron chi connectivity index (χ4n) is 3.89. The van der Waals surface area contributed by atoms with Gasteiger partial charge in [0.05, 0.1) is 21.5 Å². The SMILES string of the molecule is O=CNC1(c2c(F)cc3c(=O)c(C(=O)O)cn(C4CC4)c3c2Cl)CCNC1. The first kappa shape index (κ1) is 17.9. The van der Waals surface area contributed by atoms with Crippen LogP contribution in [0.25, 0.3) is 10.9 Å². The van der Waals surface area contributed by atoms with E-state index in [1.807, 2.05) is 0 Å². The summed E-state index contributed by atoms with van der Waals surface area (Å²) in [5.41, 5.74) is -1.78. The molecule has 1 saturated heterocycles. The molecule has 2 heterocycles. The first-order valence-corrected chi connectivity index (χ1v) is 9.00. The van der Waals surface area contributed by atoms with E-state index in [1.54, 1.807) is 4.57 Å². The van der Waals surface area contributed by atoms with Gasteiger partial charge in [-0.1, -0.05) is 11.6 Å². The van der Waals surface area contributed by atoms with Gasteiger partial charge >= 0.3 is 5.97 Å². The van der Waals surface area contributed by atoms with Gasteiger partial charge < -0.3 is 20.3 Å². The van der Waals surface area contributed by atoms with E-state index in [-0.39, 0.29) is 22.0 Å². The van der Waals surface area contributed by atoms with Crippen molar-refractivity contribution in [3.05, 3.63) is 44.5 Å². The van der Waals surface area contributed by atoms with Crippen molar-refractivity contribution in [2.45, 2.75) is 30.8 Å². The zero-order valence-electron chi connectivity index (χ0n) is 14.2. The van der Waals surface area contributed by atoms with Crippen molar-refractivity contribution in [2.75, 3.05) is 13.1 Å². The van der Waals surface area contributed by atoms with Crippen molar-refractivity contribution in [3.8, 4) is 0 Å². The smallest absolute Gasteiger partial charge is 0.341 e. The van der Waals surface area contributed by atoms with Crippen molar-refractivity contribution < 1.29 is 19.1 Å². The molecule has 2 fully saturated rings. The molecule has 2 aliphatic rings. The number of carboxylic acid groups (broad SMARTS) is 1. The van der Waals surface area contributed by atoms with Gasteiger partial charge in [0, 0.05) is 24.3 Å². The standard InChI is InChI=1S/C18H17ClFN3O4/c19-14-13(18(22-8-24)3-4-21-7-18)12(20)5-10-15(14)23(9-1-2-9)6-11(16(10)25)17(26)27/h5-6,8-9,21H,1-4,7H2,(H,22,24)(H,26,27). The van der Waals surface area contributed by atoms with Gasteiger partial charge in [-0.15, -0.1) is 0 Å². The predicted octanol–water partition coefficient (Wildman–Crippen LogP) is 1.76. The Kier molecular flexibility index (Phi) is 4.20. The molecule has 1 saturated carbocycles. The van der Waals surface area contributed by atoms with Crippen molar-refractivity contribution in [1.82, 2.24) is 15.2 Å². The molecule has 0 spiro atoms. The molecule has 0 bridgehead atoms. The fourth-order valence-corrected chi connectivity index (χ4v) is 4.36. The Morgan fingerprint density at radius 2 is 2.22 bits per heavy atom. The van der Waals surface area contributed by atoms with Crippen LogP contribution in [-0.4, -0.2) is 35.1 Å². The van der Waals surface area contributed by atoms with E-state index in [0.717, 1.165) is 18.9 Å². The van der Waals surface area contributed by atoms with E-state index < -0.39 is 28.3 Å². The minimum Gasteiger partial charge on any atom is -0.477 e. The maximum atomic E-state index is 15.1. The number of carbonyl (C=O) groups is 2. The number of hydrogen-bond acceptors (Lipinski definition) is 4. The van der Waals surface area contributed by atoms with Crippen LogP contribution in [0.2, 0.25) is 5.02 Å². The number of benzene rings is 1. The van der Waals surface area contributed by atoms with E-state index in [4.69, 9.17) is 11.6 Å². The molecule has 1 amide bonds. The number of hydrogen-bond donors (Lipinski definition) is 3. The third kappa shape index (κ3) is 2.71. The number of rotatable bonds is 5. The lowest BCUT2D eigenvalue weighted by atomic mass is 9.87. The van der Waals surface area contributed by atoms with Crippen LogP contribution >= 0.6 is 11.6 Å². The van der Waals surface area contributed by atoms with Gasteiger partial charge in [-0.25, -0.2) is 9.18 Å². The first-order valence-electron chi connectivity index (χ1n) is 8.62. The van der Waals surface area contributed by atoms with Crippen LogP contribution in [0.4, 0.5) is 4.39 Å². The predicted molar refractivity (Wildman–Crippen MR) is 96.8 cm³/mol. The lowest BCUT2D eigenvalue weighted by molar-refractivity contribution is -0.111. The highest BCUT2D eigenvalue weighted by Crippen LogP contribution is 2.43. The van der Waals surface area contributed by atoms with Gasteiger partial charge in [-0.3, -0.25) is 9.59 Å². The number of fused-ring (bicyclic) bond motifs is 1. The molecule has 142 valence electrons. The molecule has 1 unspecified atom stereocenters. The summed E-state index contributed by atoms with van der Waals surface area (Å²) in [6, 6.07) is 1.05. The third-order valence-corrected chi connectivity index (χ3v) is 5.72. The van der Waals surface area contributed by atoms with Crippen LogP contribution in [-0.2, 0) is 10.3 Å². The number of nitrogens with zero attached hydrogens (tertiary/aromatic N) is 1. The molecule has 1 atom stereocenters. The highest BCUT2D eigenvalue weighted by Gasteiger charge is 2.41. The summed E-state index contributed by atoms with van der Waals surface area (Å²) < 4.78 is 16.8. The third-order valence-electron chi connectivity index (χ3n) is 5.35. The highest BCUT2D eigenvalue weighted by molar-refractivity contribution is 6.36. The number of carbonyl (C=O) groups excluding carboxylic acids is 1. The Morgan fingerprint density at radius 1 is 1.48 bits per heavy atom. The number of amides is 1. The Morgan fingerprint density at radius 3 is 2.78 bits per heavy atom. The van der Waals surface area contributed by atoms with E-state index in [9.17, 15) is 19.5 Å². The maximum absolute atomic E-state index is 15.1. The highest BCUT2D eigenvalue weighted by atomic mass is 35.5. The van der Waals surface area contributed by atoms with Crippen LogP contribution in [0.5, 0.6) is 0 Å². The molecular formula is C18H17ClFN3O4. The summed E-state index contributed by atoms with van der Waals surface area (Å²) in [4.78, 5) is 35.2. The van der Waals surface area contributed by atoms with Gasteiger partial charge in [-0.05, 0) is 31.9 Å². The maximum Gasteiger partial charge on any atom is 0.341 e. The zero-order chi connectivity index (χ0) is 19.3. The summed E-state index contributed by atoms with van der Waals surface area (Å²) in [7, 11) is 0. The van der Waals surface area contributed by atoms with E-state index in [0.29, 0.717) is 31.4 Å². The molecule has 4 rings (SSSR count). The molecule has 1 aromatic carbocycles. The minimum atomic E-state index is -1.36. The number of aromatic nitrogens is 1. The van der Waals surface area contributed by atoms with Gasteiger partial charge in [-0.2, -0.15) is 0 Å². The van der Waals surface area contributed by atoms with Gasteiger partial charge in [0.1, 0.15) is 11.4 Å². The monoisotopic (exact) mass is 393 g/mol. The van der Waals surface area contributed by atoms with E-state index >= 15 is 4.39 Å². The fraction of sp³-hybridized carbons (Fsp3) is 0.389. The van der Waals surface area contributed by atoms with E-state index in [2.05, 4.69) is 10.6 Å². The molecule has 3 N–H and O–H groups in total. The van der Waals surface area contributed by atoms with Crippen molar-refractivity contribution >= 4 is 34.9 Å². The van der Waals surface area contributed by atoms with Crippen LogP contribution in [0, 0.1) is 5.82 Å². The molecule has 2 aromatic rings. The minimum absolute atomic E-state index is 0.0127. The van der Waals surface area contributed by atoms with Crippen LogP contribution in [0.15, 0.2) is 17.1 Å². The lowest BCUT2D eigenvalue weighted by Crippen LogP contribution is -2.44. The number of nitrogens with one attached hydrogen (secondary N) is 2. The number of halogens is 2. The average Bonchev–Trinajstić information content (AvgIpc) is 3.35. The number of pyridine rings is 1. The van der Waals surface area contributed by atoms with Gasteiger partial charge in [0.25, 0.3) is 0 Å². The van der Waals surface area contributed by atoms with Crippen molar-refractivity contribution in [2.24, 2.45) is 0 Å². The molecule has 27 heavy (non-hydrogen) atoms. The van der Waals surface area contributed by atoms with Crippen LogP contribution < -0.4 is 16.1 Å². The van der Waals surface area contributed by atoms with E-state index in [1.165, 1.54) is 6.20 Å². The first-order chi connectivity index (χ1) is 12.9. The number of aromatic carboxylic acids is 1. The average molecular weight is 394 g/mol. The second kappa shape index (κ2) is 6.31. The molecule has 1 aliphatic carbocycles.